The summed E-state index contributed by atoms with van der Waals surface area (Å²) in [6.45, 7) is 24.6. The Morgan fingerprint density at radius 1 is 0.645 bits per heavy atom. The van der Waals surface area contributed by atoms with Gasteiger partial charge in [-0.25, -0.2) is 8.42 Å². The average molecular weight is 907 g/mol. The molecule has 6 rings (SSSR count). The third kappa shape index (κ3) is 13.1. The monoisotopic (exact) mass is 907 g/mol. The van der Waals surface area contributed by atoms with E-state index in [0.29, 0.717) is 23.5 Å². The molecule has 1 aromatic heterocycles. The molecule has 4 aliphatic rings. The van der Waals surface area contributed by atoms with Crippen molar-refractivity contribution in [1.29, 1.82) is 0 Å². The van der Waals surface area contributed by atoms with Gasteiger partial charge in [0.05, 0.1) is 17.1 Å². The summed E-state index contributed by atoms with van der Waals surface area (Å²) in [4.78, 5) is 34.3. The van der Waals surface area contributed by atoms with Crippen molar-refractivity contribution in [1.82, 2.24) is 25.1 Å². The first-order chi connectivity index (χ1) is 28.7. The fourth-order valence-corrected chi connectivity index (χ4v) is 11.6. The van der Waals surface area contributed by atoms with Crippen LogP contribution in [0.5, 0.6) is 0 Å². The van der Waals surface area contributed by atoms with Gasteiger partial charge in [0.1, 0.15) is 10.1 Å². The van der Waals surface area contributed by atoms with E-state index in [9.17, 15) is 13.0 Å². The van der Waals surface area contributed by atoms with Crippen LogP contribution >= 0.6 is 0 Å². The zero-order valence-electron chi connectivity index (χ0n) is 40.3. The maximum absolute atomic E-state index is 11.8. The Bertz CT molecular complexity index is 1710. The number of aromatic nitrogens is 3. The summed E-state index contributed by atoms with van der Waals surface area (Å²) in [5.41, 5.74) is -0.388. The topological polar surface area (TPSA) is 139 Å². The molecule has 4 fully saturated rings. The van der Waals surface area contributed by atoms with Crippen LogP contribution in [-0.2, 0) is 19.8 Å². The van der Waals surface area contributed by atoms with E-state index in [-0.39, 0.29) is 103 Å². The normalized spacial score (nSPS) is 22.8. The van der Waals surface area contributed by atoms with Gasteiger partial charge in [0.25, 0.3) is 0 Å². The second-order valence-electron chi connectivity index (χ2n) is 21.1. The number of anilines is 4. The van der Waals surface area contributed by atoms with Gasteiger partial charge >= 0.3 is 51.4 Å². The largest absolute Gasteiger partial charge is 1.00 e. The van der Waals surface area contributed by atoms with Gasteiger partial charge in [0, 0.05) is 53.0 Å². The smallest absolute Gasteiger partial charge is 0.744 e. The molecule has 2 aromatic rings. The van der Waals surface area contributed by atoms with Gasteiger partial charge in [-0.05, 0) is 144 Å². The predicted molar refractivity (Wildman–Crippen MR) is 244 cm³/mol. The van der Waals surface area contributed by atoms with Gasteiger partial charge in [-0.15, -0.1) is 0 Å². The summed E-state index contributed by atoms with van der Waals surface area (Å²) in [6.07, 6.45) is 20.0. The van der Waals surface area contributed by atoms with Crippen molar-refractivity contribution in [2.75, 3.05) is 28.2 Å². The Kier molecular flexibility index (Phi) is 18.2. The van der Waals surface area contributed by atoms with Crippen molar-refractivity contribution in [3.63, 3.8) is 0 Å². The first kappa shape index (κ1) is 52.0. The number of hydrogen-bond donors (Lipinski definition) is 1. The van der Waals surface area contributed by atoms with E-state index in [1.54, 1.807) is 12.1 Å². The molecule has 2 saturated heterocycles. The minimum absolute atomic E-state index is 0. The number of benzene rings is 1. The number of rotatable bonds is 17. The Hall–Kier alpha value is -0.984. The first-order valence-corrected chi connectivity index (χ1v) is 25.2. The van der Waals surface area contributed by atoms with Crippen molar-refractivity contribution in [2.45, 2.75) is 236 Å². The molecule has 0 unspecified atom stereocenters. The van der Waals surface area contributed by atoms with Crippen LogP contribution in [-0.4, -0.2) is 97.6 Å². The van der Waals surface area contributed by atoms with Gasteiger partial charge < -0.3 is 19.7 Å². The second kappa shape index (κ2) is 21.8. The van der Waals surface area contributed by atoms with Crippen LogP contribution in [0, 0.1) is 0 Å². The zero-order valence-corrected chi connectivity index (χ0v) is 44.3. The molecule has 62 heavy (non-hydrogen) atoms. The number of piperidine rings is 2. The number of nitrogens with zero attached hydrogens (tertiary/aromatic N) is 7. The molecule has 0 bridgehead atoms. The SMILES string of the molecule is CCCCN(c1nc(Nc2ccc(S(=O)(=O)[O-])cc2)nc(N(CCCC)C2CC(C)(C)N(OC3CCCCC3)C(C)(C)C2)n1)C1CC(C)(C)N(OC2CCCCC2)C(C)(C)C1.[K+]. The fraction of sp³-hybridized carbons (Fsp3) is 0.809. The number of hydrogen-bond acceptors (Lipinski definition) is 13. The first-order valence-electron chi connectivity index (χ1n) is 23.8. The Labute approximate surface area is 417 Å². The number of nitrogens with one attached hydrogen (secondary N) is 1. The minimum atomic E-state index is -4.59. The van der Waals surface area contributed by atoms with Gasteiger partial charge in [0.2, 0.25) is 17.8 Å². The van der Waals surface area contributed by atoms with Crippen molar-refractivity contribution in [3.8, 4) is 0 Å². The van der Waals surface area contributed by atoms with E-state index in [1.165, 1.54) is 50.7 Å². The maximum atomic E-state index is 11.8. The van der Waals surface area contributed by atoms with Crippen LogP contribution in [0.1, 0.15) is 185 Å². The van der Waals surface area contributed by atoms with E-state index < -0.39 is 10.1 Å². The molecule has 3 heterocycles. The van der Waals surface area contributed by atoms with E-state index in [1.807, 2.05) is 0 Å². The van der Waals surface area contributed by atoms with Crippen molar-refractivity contribution >= 4 is 33.7 Å². The average Bonchev–Trinajstić information content (AvgIpc) is 3.18. The molecular formula is C47H79KN8O5S. The molecule has 2 saturated carbocycles. The standard InChI is InChI=1S/C47H80N8O5S.K/c1-11-13-29-52(36-31-44(3,4)54(45(5,6)32-36)59-38-21-17-15-18-22-38)42-49-41(48-35-25-27-40(28-26-35)61(56,57)58)50-43(51-42)53(30-14-12-2)37-33-46(7,8)55(47(9,10)34-37)60-39-23-19-16-20-24-39;/h25-28,36-39H,11-24,29-34H2,1-10H3,(H,56,57,58)(H,48,49,50,51);/q;+1/p-1. The van der Waals surface area contributed by atoms with Gasteiger partial charge in [-0.1, -0.05) is 65.2 Å². The second-order valence-corrected chi connectivity index (χ2v) is 22.5. The minimum Gasteiger partial charge on any atom is -0.744 e. The van der Waals surface area contributed by atoms with Crippen molar-refractivity contribution in [2.24, 2.45) is 0 Å². The Morgan fingerprint density at radius 2 is 1.02 bits per heavy atom. The van der Waals surface area contributed by atoms with Crippen LogP contribution < -0.4 is 66.5 Å². The molecule has 0 radical (unpaired) electrons. The Balaban J connectivity index is 0.00000726. The molecule has 1 aromatic carbocycles. The molecule has 2 aliphatic heterocycles. The summed E-state index contributed by atoms with van der Waals surface area (Å²) in [5, 5.41) is 8.04. The van der Waals surface area contributed by atoms with Crippen molar-refractivity contribution < 1.29 is 74.0 Å². The molecule has 2 aliphatic carbocycles. The van der Waals surface area contributed by atoms with E-state index >= 15 is 0 Å². The van der Waals surface area contributed by atoms with Crippen molar-refractivity contribution in [3.05, 3.63) is 24.3 Å². The van der Waals surface area contributed by atoms with Crippen LogP contribution in [0.2, 0.25) is 0 Å². The summed E-state index contributed by atoms with van der Waals surface area (Å²) in [6, 6.07) is 6.12. The summed E-state index contributed by atoms with van der Waals surface area (Å²) in [7, 11) is -4.59. The molecule has 13 nitrogen and oxygen atoms in total. The molecule has 344 valence electrons. The molecule has 1 N–H and O–H groups in total. The predicted octanol–water partition coefficient (Wildman–Crippen LogP) is 7.31. The van der Waals surface area contributed by atoms with Gasteiger partial charge in [-0.2, -0.15) is 25.1 Å². The fourth-order valence-electron chi connectivity index (χ4n) is 11.1. The van der Waals surface area contributed by atoms with Crippen LogP contribution in [0.25, 0.3) is 0 Å². The van der Waals surface area contributed by atoms with Gasteiger partial charge in [0.15, 0.2) is 0 Å². The maximum Gasteiger partial charge on any atom is 1.00 e. The van der Waals surface area contributed by atoms with E-state index in [0.717, 1.165) is 90.1 Å². The summed E-state index contributed by atoms with van der Waals surface area (Å²) in [5.74, 6) is 1.65. The molecule has 0 atom stereocenters. The molecule has 0 spiro atoms. The third-order valence-electron chi connectivity index (χ3n) is 13.7. The van der Waals surface area contributed by atoms with E-state index in [2.05, 4.69) is 94.5 Å². The van der Waals surface area contributed by atoms with Gasteiger partial charge in [-0.3, -0.25) is 9.68 Å². The van der Waals surface area contributed by atoms with Crippen LogP contribution in [0.4, 0.5) is 23.5 Å². The zero-order chi connectivity index (χ0) is 44.2. The molecular weight excluding hydrogens is 828 g/mol. The Morgan fingerprint density at radius 3 is 1.35 bits per heavy atom. The molecule has 15 heteroatoms. The molecule has 0 amide bonds. The quantitative estimate of drug-likeness (QED) is 0.126. The summed E-state index contributed by atoms with van der Waals surface area (Å²) >= 11 is 0. The van der Waals surface area contributed by atoms with Crippen LogP contribution in [0.3, 0.4) is 0 Å². The summed E-state index contributed by atoms with van der Waals surface area (Å²) < 4.78 is 35.4. The van der Waals surface area contributed by atoms with E-state index in [4.69, 9.17) is 24.6 Å². The van der Waals surface area contributed by atoms with Crippen LogP contribution in [0.15, 0.2) is 29.2 Å². The number of unbranched alkanes of at least 4 members (excludes halogenated alkanes) is 2. The third-order valence-corrected chi connectivity index (χ3v) is 14.5. The number of hydroxylamine groups is 4.